The Morgan fingerprint density at radius 3 is 2.87 bits per heavy atom. The standard InChI is InChI=1S/C11H17N3O/c1-8(12)11-3-2-9(6-13-11)14-5-4-10(15)7-14/h2-3,6,8,10,15H,4-5,7,12H2,1H3/t8-,10?/m0/s1. The second kappa shape index (κ2) is 4.16. The number of anilines is 1. The van der Waals surface area contributed by atoms with Crippen molar-refractivity contribution in [3.63, 3.8) is 0 Å². The third kappa shape index (κ3) is 2.27. The van der Waals surface area contributed by atoms with E-state index in [2.05, 4.69) is 9.88 Å². The summed E-state index contributed by atoms with van der Waals surface area (Å²) < 4.78 is 0. The molecule has 4 nitrogen and oxygen atoms in total. The van der Waals surface area contributed by atoms with Gasteiger partial charge in [0.1, 0.15) is 0 Å². The van der Waals surface area contributed by atoms with E-state index in [-0.39, 0.29) is 12.1 Å². The van der Waals surface area contributed by atoms with Crippen LogP contribution in [0.25, 0.3) is 0 Å². The van der Waals surface area contributed by atoms with Crippen molar-refractivity contribution in [1.29, 1.82) is 0 Å². The Morgan fingerprint density at radius 1 is 1.60 bits per heavy atom. The van der Waals surface area contributed by atoms with Crippen LogP contribution in [-0.2, 0) is 0 Å². The highest BCUT2D eigenvalue weighted by molar-refractivity contribution is 5.45. The largest absolute Gasteiger partial charge is 0.391 e. The van der Waals surface area contributed by atoms with Crippen molar-refractivity contribution in [2.24, 2.45) is 5.73 Å². The van der Waals surface area contributed by atoms with Gasteiger partial charge in [-0.1, -0.05) is 0 Å². The molecule has 4 heteroatoms. The zero-order valence-electron chi connectivity index (χ0n) is 8.93. The maximum atomic E-state index is 9.42. The van der Waals surface area contributed by atoms with E-state index in [4.69, 9.17) is 5.73 Å². The molecule has 0 aromatic carbocycles. The lowest BCUT2D eigenvalue weighted by Gasteiger charge is -2.17. The van der Waals surface area contributed by atoms with E-state index in [1.54, 1.807) is 0 Å². The fourth-order valence-corrected chi connectivity index (χ4v) is 1.83. The summed E-state index contributed by atoms with van der Waals surface area (Å²) in [7, 11) is 0. The maximum absolute atomic E-state index is 9.42. The van der Waals surface area contributed by atoms with Crippen LogP contribution in [0, 0.1) is 0 Å². The van der Waals surface area contributed by atoms with Crippen molar-refractivity contribution in [3.8, 4) is 0 Å². The number of rotatable bonds is 2. The number of hydrogen-bond acceptors (Lipinski definition) is 4. The van der Waals surface area contributed by atoms with Gasteiger partial charge >= 0.3 is 0 Å². The summed E-state index contributed by atoms with van der Waals surface area (Å²) in [6.45, 7) is 3.53. The number of aliphatic hydroxyl groups is 1. The van der Waals surface area contributed by atoms with Gasteiger partial charge in [-0.2, -0.15) is 0 Å². The molecule has 2 atom stereocenters. The number of nitrogens with two attached hydrogens (primary N) is 1. The fraction of sp³-hybridized carbons (Fsp3) is 0.545. The Morgan fingerprint density at radius 2 is 2.40 bits per heavy atom. The van der Waals surface area contributed by atoms with E-state index in [0.717, 1.165) is 24.3 Å². The summed E-state index contributed by atoms with van der Waals surface area (Å²) in [5.41, 5.74) is 7.69. The van der Waals surface area contributed by atoms with Crippen molar-refractivity contribution in [1.82, 2.24) is 4.98 Å². The SMILES string of the molecule is C[C@H](N)c1ccc(N2CCC(O)C2)cn1. The predicted molar refractivity (Wildman–Crippen MR) is 59.7 cm³/mol. The van der Waals surface area contributed by atoms with E-state index in [1.165, 1.54) is 0 Å². The number of aromatic nitrogens is 1. The van der Waals surface area contributed by atoms with Gasteiger partial charge in [0.2, 0.25) is 0 Å². The zero-order valence-corrected chi connectivity index (χ0v) is 8.93. The van der Waals surface area contributed by atoms with Crippen LogP contribution < -0.4 is 10.6 Å². The first-order valence-corrected chi connectivity index (χ1v) is 5.31. The Kier molecular flexibility index (Phi) is 2.88. The minimum absolute atomic E-state index is 0.0248. The summed E-state index contributed by atoms with van der Waals surface area (Å²) in [6, 6.07) is 3.94. The molecule has 1 aliphatic rings. The Bertz CT molecular complexity index is 323. The van der Waals surface area contributed by atoms with Gasteiger partial charge in [-0.3, -0.25) is 4.98 Å². The molecule has 1 aromatic rings. The highest BCUT2D eigenvalue weighted by Gasteiger charge is 2.20. The molecule has 2 rings (SSSR count). The number of hydrogen-bond donors (Lipinski definition) is 2. The van der Waals surface area contributed by atoms with Gasteiger partial charge in [0, 0.05) is 19.1 Å². The smallest absolute Gasteiger partial charge is 0.0731 e. The molecule has 15 heavy (non-hydrogen) atoms. The molecule has 3 N–H and O–H groups in total. The second-order valence-electron chi connectivity index (χ2n) is 4.12. The third-order valence-electron chi connectivity index (χ3n) is 2.77. The van der Waals surface area contributed by atoms with Crippen LogP contribution in [-0.4, -0.2) is 29.3 Å². The molecule has 0 radical (unpaired) electrons. The monoisotopic (exact) mass is 207 g/mol. The van der Waals surface area contributed by atoms with Gasteiger partial charge < -0.3 is 15.7 Å². The lowest BCUT2D eigenvalue weighted by atomic mass is 10.2. The maximum Gasteiger partial charge on any atom is 0.0731 e. The molecular formula is C11H17N3O. The van der Waals surface area contributed by atoms with Crippen molar-refractivity contribution < 1.29 is 5.11 Å². The number of pyridine rings is 1. The van der Waals surface area contributed by atoms with E-state index in [0.29, 0.717) is 6.54 Å². The van der Waals surface area contributed by atoms with Crippen LogP contribution in [0.4, 0.5) is 5.69 Å². The molecule has 1 saturated heterocycles. The van der Waals surface area contributed by atoms with Gasteiger partial charge in [0.05, 0.1) is 23.7 Å². The quantitative estimate of drug-likeness (QED) is 0.748. The second-order valence-corrected chi connectivity index (χ2v) is 4.12. The number of aliphatic hydroxyl groups excluding tert-OH is 1. The van der Waals surface area contributed by atoms with Gasteiger partial charge in [-0.15, -0.1) is 0 Å². The van der Waals surface area contributed by atoms with Crippen LogP contribution in [0.15, 0.2) is 18.3 Å². The summed E-state index contributed by atoms with van der Waals surface area (Å²) in [6.07, 6.45) is 2.48. The highest BCUT2D eigenvalue weighted by atomic mass is 16.3. The summed E-state index contributed by atoms with van der Waals surface area (Å²) in [4.78, 5) is 6.44. The molecule has 1 fully saturated rings. The molecule has 82 valence electrons. The number of nitrogens with zero attached hydrogens (tertiary/aromatic N) is 2. The molecule has 0 amide bonds. The zero-order chi connectivity index (χ0) is 10.8. The van der Waals surface area contributed by atoms with Crippen LogP contribution in [0.5, 0.6) is 0 Å². The van der Waals surface area contributed by atoms with Crippen molar-refractivity contribution in [3.05, 3.63) is 24.0 Å². The van der Waals surface area contributed by atoms with E-state index < -0.39 is 0 Å². The fourth-order valence-electron chi connectivity index (χ4n) is 1.83. The van der Waals surface area contributed by atoms with Crippen LogP contribution in [0.1, 0.15) is 25.1 Å². The summed E-state index contributed by atoms with van der Waals surface area (Å²) in [5.74, 6) is 0. The molecule has 0 aliphatic carbocycles. The average Bonchev–Trinajstić information content (AvgIpc) is 2.65. The first-order valence-electron chi connectivity index (χ1n) is 5.31. The normalized spacial score (nSPS) is 23.1. The minimum Gasteiger partial charge on any atom is -0.391 e. The molecule has 2 heterocycles. The molecule has 1 unspecified atom stereocenters. The van der Waals surface area contributed by atoms with Crippen LogP contribution in [0.3, 0.4) is 0 Å². The lowest BCUT2D eigenvalue weighted by Crippen LogP contribution is -2.21. The van der Waals surface area contributed by atoms with Gasteiger partial charge in [-0.05, 0) is 25.5 Å². The van der Waals surface area contributed by atoms with Crippen molar-refractivity contribution in [2.45, 2.75) is 25.5 Å². The number of β-amino-alcohol motifs (C(OH)–C–C–N with tert-alkyl or cyclic N) is 1. The molecule has 1 aromatic heterocycles. The van der Waals surface area contributed by atoms with Gasteiger partial charge in [0.25, 0.3) is 0 Å². The van der Waals surface area contributed by atoms with Crippen molar-refractivity contribution in [2.75, 3.05) is 18.0 Å². The Hall–Kier alpha value is -1.13. The average molecular weight is 207 g/mol. The van der Waals surface area contributed by atoms with Crippen LogP contribution >= 0.6 is 0 Å². The first kappa shape index (κ1) is 10.4. The predicted octanol–water partition coefficient (Wildman–Crippen LogP) is 0.672. The molecule has 0 saturated carbocycles. The van der Waals surface area contributed by atoms with E-state index in [9.17, 15) is 5.11 Å². The molecule has 0 bridgehead atoms. The Labute approximate surface area is 89.7 Å². The van der Waals surface area contributed by atoms with Crippen molar-refractivity contribution >= 4 is 5.69 Å². The van der Waals surface area contributed by atoms with E-state index >= 15 is 0 Å². The topological polar surface area (TPSA) is 62.4 Å². The third-order valence-corrected chi connectivity index (χ3v) is 2.77. The lowest BCUT2D eigenvalue weighted by molar-refractivity contribution is 0.198. The van der Waals surface area contributed by atoms with Crippen LogP contribution in [0.2, 0.25) is 0 Å². The molecular weight excluding hydrogens is 190 g/mol. The Balaban J connectivity index is 2.10. The summed E-state index contributed by atoms with van der Waals surface area (Å²) >= 11 is 0. The van der Waals surface area contributed by atoms with Gasteiger partial charge in [-0.25, -0.2) is 0 Å². The summed E-state index contributed by atoms with van der Waals surface area (Å²) in [5, 5.41) is 9.42. The minimum atomic E-state index is -0.196. The molecule has 0 spiro atoms. The highest BCUT2D eigenvalue weighted by Crippen LogP contribution is 2.20. The molecule has 1 aliphatic heterocycles. The first-order chi connectivity index (χ1) is 7.16. The van der Waals surface area contributed by atoms with Gasteiger partial charge in [0.15, 0.2) is 0 Å². The van der Waals surface area contributed by atoms with E-state index in [1.807, 2.05) is 25.3 Å².